The number of carbonyl (C=O) groups is 1. The second-order valence-corrected chi connectivity index (χ2v) is 6.26. The number of H-pyrrole nitrogens is 1. The highest BCUT2D eigenvalue weighted by molar-refractivity contribution is 6.08. The molecule has 1 aliphatic rings. The molecule has 3 aromatic rings. The molecule has 4 nitrogen and oxygen atoms in total. The Bertz CT molecular complexity index is 885. The molecule has 0 radical (unpaired) electrons. The van der Waals surface area contributed by atoms with E-state index in [0.717, 1.165) is 34.8 Å². The maximum absolute atomic E-state index is 13.0. The monoisotopic (exact) mass is 317 g/mol. The van der Waals surface area contributed by atoms with Crippen LogP contribution in [-0.2, 0) is 16.6 Å². The summed E-state index contributed by atoms with van der Waals surface area (Å²) in [6.07, 6.45) is 3.31. The van der Waals surface area contributed by atoms with E-state index >= 15 is 0 Å². The zero-order chi connectivity index (χ0) is 16.6. The van der Waals surface area contributed by atoms with Gasteiger partial charge in [-0.2, -0.15) is 0 Å². The summed E-state index contributed by atoms with van der Waals surface area (Å²) < 4.78 is 0. The standard InChI is InChI=1S/C20H19N3O/c1-14-21-13-16(22-14)11-12-20(15-7-3-2-4-8-15)17-9-5-6-10-18(17)23-19(20)24/h2-10,13H,11-12H2,1H3,(H,21,22)(H,23,24). The van der Waals surface area contributed by atoms with Crippen molar-refractivity contribution in [1.29, 1.82) is 0 Å². The number of aromatic nitrogens is 2. The number of carbonyl (C=O) groups excluding carboxylic acids is 1. The molecule has 2 heterocycles. The summed E-state index contributed by atoms with van der Waals surface area (Å²) >= 11 is 0. The largest absolute Gasteiger partial charge is 0.346 e. The summed E-state index contributed by atoms with van der Waals surface area (Å²) in [5.74, 6) is 0.946. The van der Waals surface area contributed by atoms with Gasteiger partial charge >= 0.3 is 0 Å². The number of benzene rings is 2. The van der Waals surface area contributed by atoms with Gasteiger partial charge in [-0.1, -0.05) is 48.5 Å². The highest BCUT2D eigenvalue weighted by Crippen LogP contribution is 2.45. The zero-order valence-corrected chi connectivity index (χ0v) is 13.5. The Morgan fingerprint density at radius 1 is 1.04 bits per heavy atom. The van der Waals surface area contributed by atoms with Gasteiger partial charge in [0.15, 0.2) is 0 Å². The Kier molecular flexibility index (Phi) is 3.45. The minimum absolute atomic E-state index is 0.0473. The summed E-state index contributed by atoms with van der Waals surface area (Å²) in [5, 5.41) is 3.06. The van der Waals surface area contributed by atoms with Gasteiger partial charge in [0.05, 0.1) is 0 Å². The Morgan fingerprint density at radius 2 is 1.79 bits per heavy atom. The van der Waals surface area contributed by atoms with Crippen molar-refractivity contribution in [2.45, 2.75) is 25.2 Å². The number of hydrogen-bond donors (Lipinski definition) is 2. The average Bonchev–Trinajstić information content (AvgIpc) is 3.15. The molecule has 24 heavy (non-hydrogen) atoms. The predicted octanol–water partition coefficient (Wildman–Crippen LogP) is 3.59. The number of nitrogens with zero attached hydrogens (tertiary/aromatic N) is 1. The van der Waals surface area contributed by atoms with Crippen LogP contribution in [0.4, 0.5) is 5.69 Å². The molecule has 0 spiro atoms. The summed E-state index contributed by atoms with van der Waals surface area (Å²) in [7, 11) is 0. The number of amides is 1. The molecule has 0 saturated carbocycles. The van der Waals surface area contributed by atoms with Gasteiger partial charge < -0.3 is 10.3 Å². The Hall–Kier alpha value is -2.88. The van der Waals surface area contributed by atoms with E-state index in [9.17, 15) is 4.79 Å². The molecule has 0 bridgehead atoms. The zero-order valence-electron chi connectivity index (χ0n) is 13.5. The summed E-state index contributed by atoms with van der Waals surface area (Å²) in [6, 6.07) is 18.0. The van der Waals surface area contributed by atoms with E-state index in [1.165, 1.54) is 0 Å². The topological polar surface area (TPSA) is 57.8 Å². The van der Waals surface area contributed by atoms with E-state index in [0.29, 0.717) is 6.42 Å². The molecular formula is C20H19N3O. The number of anilines is 1. The number of aryl methyl sites for hydroxylation is 2. The summed E-state index contributed by atoms with van der Waals surface area (Å²) in [4.78, 5) is 20.6. The highest BCUT2D eigenvalue weighted by Gasteiger charge is 2.47. The SMILES string of the molecule is Cc1ncc(CCC2(c3ccccc3)C(=O)Nc3ccccc32)[nH]1. The third-order valence-electron chi connectivity index (χ3n) is 4.81. The van der Waals surface area contributed by atoms with E-state index in [1.54, 1.807) is 0 Å². The fraction of sp³-hybridized carbons (Fsp3) is 0.200. The van der Waals surface area contributed by atoms with Crippen LogP contribution in [0.15, 0.2) is 60.8 Å². The van der Waals surface area contributed by atoms with Gasteiger partial charge in [-0.25, -0.2) is 4.98 Å². The molecule has 0 saturated heterocycles. The Balaban J connectivity index is 1.80. The van der Waals surface area contributed by atoms with E-state index in [4.69, 9.17) is 0 Å². The maximum atomic E-state index is 13.0. The quantitative estimate of drug-likeness (QED) is 0.772. The third-order valence-corrected chi connectivity index (χ3v) is 4.81. The number of imidazole rings is 1. The normalized spacial score (nSPS) is 19.1. The lowest BCUT2D eigenvalue weighted by molar-refractivity contribution is -0.119. The molecular weight excluding hydrogens is 298 g/mol. The van der Waals surface area contributed by atoms with E-state index in [2.05, 4.69) is 21.4 Å². The van der Waals surface area contributed by atoms with Gasteiger partial charge in [0.2, 0.25) is 5.91 Å². The number of para-hydroxylation sites is 1. The first-order chi connectivity index (χ1) is 11.7. The van der Waals surface area contributed by atoms with Crippen molar-refractivity contribution >= 4 is 11.6 Å². The molecule has 1 aromatic heterocycles. The number of aromatic amines is 1. The number of hydrogen-bond acceptors (Lipinski definition) is 2. The summed E-state index contributed by atoms with van der Waals surface area (Å²) in [5.41, 5.74) is 3.39. The highest BCUT2D eigenvalue weighted by atomic mass is 16.2. The maximum Gasteiger partial charge on any atom is 0.239 e. The van der Waals surface area contributed by atoms with Crippen LogP contribution in [0.1, 0.15) is 29.1 Å². The lowest BCUT2D eigenvalue weighted by atomic mass is 9.72. The molecule has 2 aromatic carbocycles. The van der Waals surface area contributed by atoms with E-state index in [1.807, 2.05) is 61.7 Å². The van der Waals surface area contributed by atoms with Gasteiger partial charge in [-0.05, 0) is 37.0 Å². The van der Waals surface area contributed by atoms with Crippen molar-refractivity contribution in [3.05, 3.63) is 83.4 Å². The minimum atomic E-state index is -0.656. The Morgan fingerprint density at radius 3 is 2.54 bits per heavy atom. The van der Waals surface area contributed by atoms with Crippen LogP contribution < -0.4 is 5.32 Å². The molecule has 120 valence electrons. The second kappa shape index (κ2) is 5.64. The van der Waals surface area contributed by atoms with E-state index < -0.39 is 5.41 Å². The molecule has 0 fully saturated rings. The summed E-state index contributed by atoms with van der Waals surface area (Å²) in [6.45, 7) is 1.94. The van der Waals surface area contributed by atoms with Crippen molar-refractivity contribution in [3.8, 4) is 0 Å². The second-order valence-electron chi connectivity index (χ2n) is 6.26. The molecule has 4 heteroatoms. The lowest BCUT2D eigenvalue weighted by Gasteiger charge is -2.28. The lowest BCUT2D eigenvalue weighted by Crippen LogP contribution is -2.36. The first kappa shape index (κ1) is 14.7. The van der Waals surface area contributed by atoms with Crippen molar-refractivity contribution in [3.63, 3.8) is 0 Å². The molecule has 4 rings (SSSR count). The van der Waals surface area contributed by atoms with Crippen molar-refractivity contribution in [1.82, 2.24) is 9.97 Å². The first-order valence-electron chi connectivity index (χ1n) is 8.17. The molecule has 1 amide bonds. The van der Waals surface area contributed by atoms with Crippen molar-refractivity contribution in [2.75, 3.05) is 5.32 Å². The van der Waals surface area contributed by atoms with Crippen LogP contribution in [0.5, 0.6) is 0 Å². The van der Waals surface area contributed by atoms with Crippen LogP contribution in [0.2, 0.25) is 0 Å². The third kappa shape index (κ3) is 2.22. The van der Waals surface area contributed by atoms with Gasteiger partial charge in [0.25, 0.3) is 0 Å². The fourth-order valence-corrected chi connectivity index (χ4v) is 3.64. The number of nitrogens with one attached hydrogen (secondary N) is 2. The van der Waals surface area contributed by atoms with Crippen LogP contribution in [0.3, 0.4) is 0 Å². The van der Waals surface area contributed by atoms with Crippen LogP contribution in [0.25, 0.3) is 0 Å². The predicted molar refractivity (Wildman–Crippen MR) is 93.9 cm³/mol. The smallest absolute Gasteiger partial charge is 0.239 e. The van der Waals surface area contributed by atoms with Crippen LogP contribution in [0, 0.1) is 6.92 Å². The molecule has 1 aliphatic heterocycles. The minimum Gasteiger partial charge on any atom is -0.346 e. The van der Waals surface area contributed by atoms with Crippen molar-refractivity contribution in [2.24, 2.45) is 0 Å². The van der Waals surface area contributed by atoms with Gasteiger partial charge in [-0.3, -0.25) is 4.79 Å². The number of fused-ring (bicyclic) bond motifs is 1. The van der Waals surface area contributed by atoms with Crippen LogP contribution in [-0.4, -0.2) is 15.9 Å². The molecule has 0 aliphatic carbocycles. The van der Waals surface area contributed by atoms with Crippen LogP contribution >= 0.6 is 0 Å². The average molecular weight is 317 g/mol. The number of rotatable bonds is 4. The molecule has 1 unspecified atom stereocenters. The fourth-order valence-electron chi connectivity index (χ4n) is 3.64. The van der Waals surface area contributed by atoms with Gasteiger partial charge in [0, 0.05) is 17.6 Å². The Labute approximate surface area is 141 Å². The van der Waals surface area contributed by atoms with Crippen molar-refractivity contribution < 1.29 is 4.79 Å². The molecule has 1 atom stereocenters. The van der Waals surface area contributed by atoms with Gasteiger partial charge in [0.1, 0.15) is 11.2 Å². The van der Waals surface area contributed by atoms with E-state index in [-0.39, 0.29) is 5.91 Å². The van der Waals surface area contributed by atoms with Gasteiger partial charge in [-0.15, -0.1) is 0 Å². The molecule has 2 N–H and O–H groups in total. The first-order valence-corrected chi connectivity index (χ1v) is 8.17.